The summed E-state index contributed by atoms with van der Waals surface area (Å²) >= 11 is 4.76. The molecule has 0 bridgehead atoms. The molecule has 1 aliphatic rings. The van der Waals surface area contributed by atoms with Crippen molar-refractivity contribution in [3.63, 3.8) is 0 Å². The van der Waals surface area contributed by atoms with Crippen molar-refractivity contribution in [3.8, 4) is 0 Å². The van der Waals surface area contributed by atoms with E-state index >= 15 is 0 Å². The van der Waals surface area contributed by atoms with Crippen molar-refractivity contribution in [1.29, 1.82) is 0 Å². The Morgan fingerprint density at radius 3 is 2.89 bits per heavy atom. The van der Waals surface area contributed by atoms with Crippen molar-refractivity contribution >= 4 is 43.1 Å². The third-order valence-corrected chi connectivity index (χ3v) is 6.27. The lowest BCUT2D eigenvalue weighted by molar-refractivity contribution is 0.0946. The van der Waals surface area contributed by atoms with E-state index in [0.29, 0.717) is 19.5 Å². The maximum atomic E-state index is 12.1. The van der Waals surface area contributed by atoms with E-state index in [1.165, 1.54) is 21.9 Å². The van der Waals surface area contributed by atoms with Crippen LogP contribution < -0.4 is 0 Å². The number of carbonyl (C=O) groups excluding carboxylic acids is 1. The maximum Gasteiger partial charge on any atom is 0.211 e. The van der Waals surface area contributed by atoms with E-state index in [1.807, 2.05) is 11.4 Å². The number of carbonyl (C=O) groups is 1. The topological polar surface area (TPSA) is 54.5 Å². The number of ketones is 1. The summed E-state index contributed by atoms with van der Waals surface area (Å²) in [6.07, 6.45) is 3.41. The van der Waals surface area contributed by atoms with Gasteiger partial charge in [-0.1, -0.05) is 0 Å². The van der Waals surface area contributed by atoms with Crippen LogP contribution in [0, 0.1) is 5.92 Å². The molecule has 1 fully saturated rings. The highest BCUT2D eigenvalue weighted by atomic mass is 79.9. The molecule has 7 heteroatoms. The van der Waals surface area contributed by atoms with Crippen LogP contribution in [-0.2, 0) is 10.0 Å². The Kier molecular flexibility index (Phi) is 4.81. The number of thiophene rings is 1. The van der Waals surface area contributed by atoms with Crippen LogP contribution >= 0.6 is 27.3 Å². The highest BCUT2D eigenvalue weighted by Gasteiger charge is 2.27. The first-order valence-corrected chi connectivity index (χ1v) is 9.60. The molecular weight excluding hydrogens is 350 g/mol. The van der Waals surface area contributed by atoms with Gasteiger partial charge in [-0.05, 0) is 40.8 Å². The average molecular weight is 366 g/mol. The van der Waals surface area contributed by atoms with Gasteiger partial charge in [-0.25, -0.2) is 12.7 Å². The first kappa shape index (κ1) is 15.2. The Labute approximate surface area is 126 Å². The number of halogens is 1. The molecule has 1 aromatic heterocycles. The van der Waals surface area contributed by atoms with Crippen LogP contribution in [0.1, 0.15) is 28.9 Å². The summed E-state index contributed by atoms with van der Waals surface area (Å²) in [6.45, 7) is 1.05. The minimum atomic E-state index is -3.14. The van der Waals surface area contributed by atoms with Gasteiger partial charge in [-0.2, -0.15) is 0 Å². The SMILES string of the molecule is CS(=O)(=O)N1CCCC(CC(=O)c2cc(Br)cs2)C1. The number of rotatable bonds is 4. The number of sulfonamides is 1. The van der Waals surface area contributed by atoms with Crippen LogP contribution in [0.5, 0.6) is 0 Å². The van der Waals surface area contributed by atoms with Gasteiger partial charge >= 0.3 is 0 Å². The molecule has 4 nitrogen and oxygen atoms in total. The summed E-state index contributed by atoms with van der Waals surface area (Å²) < 4.78 is 25.5. The maximum absolute atomic E-state index is 12.1. The number of nitrogens with zero attached hydrogens (tertiary/aromatic N) is 1. The van der Waals surface area contributed by atoms with E-state index in [4.69, 9.17) is 0 Å². The molecule has 1 aliphatic heterocycles. The zero-order chi connectivity index (χ0) is 14.0. The van der Waals surface area contributed by atoms with E-state index in [-0.39, 0.29) is 11.7 Å². The van der Waals surface area contributed by atoms with E-state index in [2.05, 4.69) is 15.9 Å². The molecule has 2 rings (SSSR count). The monoisotopic (exact) mass is 365 g/mol. The smallest absolute Gasteiger partial charge is 0.211 e. The summed E-state index contributed by atoms with van der Waals surface area (Å²) in [6, 6.07) is 1.82. The Bertz CT molecular complexity index is 567. The Hall–Kier alpha value is -0.240. The lowest BCUT2D eigenvalue weighted by Gasteiger charge is -2.30. The Morgan fingerprint density at radius 2 is 2.32 bits per heavy atom. The molecule has 0 amide bonds. The van der Waals surface area contributed by atoms with E-state index < -0.39 is 10.0 Å². The van der Waals surface area contributed by atoms with Gasteiger partial charge in [0.15, 0.2) is 5.78 Å². The second kappa shape index (κ2) is 6.03. The third kappa shape index (κ3) is 4.11. The molecule has 1 aromatic rings. The predicted octanol–water partition coefficient (Wildman–Crippen LogP) is 2.76. The van der Waals surface area contributed by atoms with Gasteiger partial charge in [0.1, 0.15) is 0 Å². The predicted molar refractivity (Wildman–Crippen MR) is 80.1 cm³/mol. The normalized spacial score (nSPS) is 21.5. The summed E-state index contributed by atoms with van der Waals surface area (Å²) in [5.74, 6) is 0.243. The van der Waals surface area contributed by atoms with Crippen molar-refractivity contribution in [1.82, 2.24) is 4.31 Å². The first-order chi connectivity index (χ1) is 8.86. The van der Waals surface area contributed by atoms with Crippen molar-refractivity contribution < 1.29 is 13.2 Å². The minimum absolute atomic E-state index is 0.107. The van der Waals surface area contributed by atoms with Crippen molar-refractivity contribution in [2.24, 2.45) is 5.92 Å². The third-order valence-electron chi connectivity index (χ3n) is 3.27. The van der Waals surface area contributed by atoms with Gasteiger partial charge in [-0.15, -0.1) is 11.3 Å². The van der Waals surface area contributed by atoms with Crippen LogP contribution in [-0.4, -0.2) is 37.9 Å². The standard InChI is InChI=1S/C12H16BrNO3S2/c1-19(16,17)14-4-2-3-9(7-14)5-11(15)12-6-10(13)8-18-12/h6,8-9H,2-5,7H2,1H3. The van der Waals surface area contributed by atoms with Crippen LogP contribution in [0.25, 0.3) is 0 Å². The Balaban J connectivity index is 1.98. The first-order valence-electron chi connectivity index (χ1n) is 6.08. The van der Waals surface area contributed by atoms with Crippen LogP contribution in [0.15, 0.2) is 15.9 Å². The van der Waals surface area contributed by atoms with Gasteiger partial charge in [0, 0.05) is 29.4 Å². The molecule has 1 unspecified atom stereocenters. The Morgan fingerprint density at radius 1 is 1.58 bits per heavy atom. The number of Topliss-reactive ketones (excluding diaryl/α,β-unsaturated/α-hetero) is 1. The zero-order valence-corrected chi connectivity index (χ0v) is 13.9. The molecular formula is C12H16BrNO3S2. The quantitative estimate of drug-likeness (QED) is 0.770. The average Bonchev–Trinajstić information content (AvgIpc) is 2.75. The molecule has 19 heavy (non-hydrogen) atoms. The molecule has 0 N–H and O–H groups in total. The molecule has 106 valence electrons. The van der Waals surface area contributed by atoms with Gasteiger partial charge in [0.2, 0.25) is 10.0 Å². The summed E-state index contributed by atoms with van der Waals surface area (Å²) in [5, 5.41) is 1.89. The van der Waals surface area contributed by atoms with Crippen LogP contribution in [0.4, 0.5) is 0 Å². The van der Waals surface area contributed by atoms with Gasteiger partial charge in [-0.3, -0.25) is 4.79 Å². The van der Waals surface area contributed by atoms with Crippen molar-refractivity contribution in [2.75, 3.05) is 19.3 Å². The summed E-state index contributed by atoms with van der Waals surface area (Å²) in [7, 11) is -3.14. The fraction of sp³-hybridized carbons (Fsp3) is 0.583. The summed E-state index contributed by atoms with van der Waals surface area (Å²) in [4.78, 5) is 12.8. The lowest BCUT2D eigenvalue weighted by Crippen LogP contribution is -2.39. The highest BCUT2D eigenvalue weighted by molar-refractivity contribution is 9.10. The fourth-order valence-electron chi connectivity index (χ4n) is 2.32. The molecule has 0 saturated carbocycles. The number of piperidine rings is 1. The number of hydrogen-bond acceptors (Lipinski definition) is 4. The zero-order valence-electron chi connectivity index (χ0n) is 10.6. The second-order valence-corrected chi connectivity index (χ2v) is 8.70. The fourth-order valence-corrected chi connectivity index (χ4v) is 4.64. The van der Waals surface area contributed by atoms with Gasteiger partial charge in [0.25, 0.3) is 0 Å². The second-order valence-electron chi connectivity index (χ2n) is 4.89. The molecule has 0 aromatic carbocycles. The van der Waals surface area contributed by atoms with E-state index in [9.17, 15) is 13.2 Å². The molecule has 1 atom stereocenters. The molecule has 1 saturated heterocycles. The number of hydrogen-bond donors (Lipinski definition) is 0. The molecule has 2 heterocycles. The van der Waals surface area contributed by atoms with Gasteiger partial charge < -0.3 is 0 Å². The van der Waals surface area contributed by atoms with Crippen molar-refractivity contribution in [2.45, 2.75) is 19.3 Å². The van der Waals surface area contributed by atoms with Crippen molar-refractivity contribution in [3.05, 3.63) is 20.8 Å². The highest BCUT2D eigenvalue weighted by Crippen LogP contribution is 2.26. The minimum Gasteiger partial charge on any atom is -0.293 e. The van der Waals surface area contributed by atoms with E-state index in [0.717, 1.165) is 22.2 Å². The molecule has 0 aliphatic carbocycles. The van der Waals surface area contributed by atoms with Crippen LogP contribution in [0.2, 0.25) is 0 Å². The molecule has 0 radical (unpaired) electrons. The molecule has 0 spiro atoms. The van der Waals surface area contributed by atoms with E-state index in [1.54, 1.807) is 0 Å². The van der Waals surface area contributed by atoms with Gasteiger partial charge in [0.05, 0.1) is 11.1 Å². The van der Waals surface area contributed by atoms with Crippen LogP contribution in [0.3, 0.4) is 0 Å². The summed E-state index contributed by atoms with van der Waals surface area (Å²) in [5.41, 5.74) is 0. The lowest BCUT2D eigenvalue weighted by atomic mass is 9.94. The largest absolute Gasteiger partial charge is 0.293 e.